The van der Waals surface area contributed by atoms with Gasteiger partial charge in [0.1, 0.15) is 21.5 Å². The average molecular weight is 683 g/mol. The van der Waals surface area contributed by atoms with Crippen LogP contribution in [0.5, 0.6) is 5.75 Å². The van der Waals surface area contributed by atoms with Crippen LogP contribution in [-0.4, -0.2) is 52.2 Å². The van der Waals surface area contributed by atoms with Gasteiger partial charge in [0.15, 0.2) is 8.24 Å². The monoisotopic (exact) mass is 681 g/mol. The van der Waals surface area contributed by atoms with Gasteiger partial charge in [0, 0.05) is 22.2 Å². The van der Waals surface area contributed by atoms with Crippen molar-refractivity contribution >= 4 is 47.3 Å². The Labute approximate surface area is 273 Å². The van der Waals surface area contributed by atoms with Crippen LogP contribution in [0.25, 0.3) is 0 Å². The Morgan fingerprint density at radius 1 is 1.07 bits per heavy atom. The number of carbonyl (C=O) groups excluding carboxylic acids is 1. The molecule has 0 spiro atoms. The molecule has 1 aliphatic heterocycles. The smallest absolute Gasteiger partial charge is 0.261 e. The molecular formula is C33H46Cl2FN3O3SSi. The van der Waals surface area contributed by atoms with Crippen molar-refractivity contribution in [3.63, 3.8) is 0 Å². The van der Waals surface area contributed by atoms with Gasteiger partial charge in [0.2, 0.25) is 0 Å². The molecular weight excluding hydrogens is 636 g/mol. The van der Waals surface area contributed by atoms with Gasteiger partial charge >= 0.3 is 0 Å². The van der Waals surface area contributed by atoms with Crippen LogP contribution in [0.2, 0.25) is 28.2 Å². The highest BCUT2D eigenvalue weighted by Gasteiger charge is 2.52. The van der Waals surface area contributed by atoms with Crippen LogP contribution in [0.4, 0.5) is 4.39 Å². The van der Waals surface area contributed by atoms with Crippen molar-refractivity contribution < 1.29 is 18.1 Å². The summed E-state index contributed by atoms with van der Waals surface area (Å²) in [6.45, 7) is 14.5. The molecule has 44 heavy (non-hydrogen) atoms. The average Bonchev–Trinajstić information content (AvgIpc) is 3.83. The molecule has 0 radical (unpaired) electrons. The largest absolute Gasteiger partial charge is 0.493 e. The first-order valence-electron chi connectivity index (χ1n) is 15.8. The molecule has 1 saturated heterocycles. The van der Waals surface area contributed by atoms with Gasteiger partial charge in [-0.15, -0.1) is 0 Å². The quantitative estimate of drug-likeness (QED) is 0.254. The summed E-state index contributed by atoms with van der Waals surface area (Å²) in [6, 6.07) is 8.86. The molecule has 2 aromatic carbocycles. The van der Waals surface area contributed by atoms with E-state index in [0.717, 1.165) is 49.9 Å². The lowest BCUT2D eigenvalue weighted by Gasteiger charge is -2.46. The second-order valence-electron chi connectivity index (χ2n) is 14.5. The Hall–Kier alpha value is -1.65. The number of nitrogens with one attached hydrogen (secondary N) is 1. The van der Waals surface area contributed by atoms with Crippen LogP contribution in [0.3, 0.4) is 0 Å². The van der Waals surface area contributed by atoms with E-state index in [9.17, 15) is 9.00 Å². The molecule has 2 aliphatic carbocycles. The van der Waals surface area contributed by atoms with Crippen LogP contribution >= 0.6 is 23.2 Å². The second-order valence-corrected chi connectivity index (χ2v) is 22.9. The minimum Gasteiger partial charge on any atom is -0.493 e. The van der Waals surface area contributed by atoms with Crippen molar-refractivity contribution in [2.75, 3.05) is 19.7 Å². The minimum absolute atomic E-state index is 0.0897. The van der Waals surface area contributed by atoms with E-state index in [0.29, 0.717) is 41.2 Å². The summed E-state index contributed by atoms with van der Waals surface area (Å²) in [7, 11) is -6.16. The number of hydrogen-bond donors (Lipinski definition) is 1. The molecule has 6 nitrogen and oxygen atoms in total. The Morgan fingerprint density at radius 3 is 2.18 bits per heavy atom. The lowest BCUT2D eigenvalue weighted by Crippen LogP contribution is -2.60. The van der Waals surface area contributed by atoms with Crippen molar-refractivity contribution in [3.8, 4) is 5.75 Å². The molecule has 5 rings (SSSR count). The van der Waals surface area contributed by atoms with Gasteiger partial charge < -0.3 is 4.74 Å². The maximum Gasteiger partial charge on any atom is 0.261 e. The van der Waals surface area contributed by atoms with Crippen molar-refractivity contribution in [3.05, 3.63) is 62.9 Å². The van der Waals surface area contributed by atoms with Gasteiger partial charge in [-0.1, -0.05) is 57.1 Å². The summed E-state index contributed by atoms with van der Waals surface area (Å²) in [6.07, 6.45) is 5.16. The molecule has 0 bridgehead atoms. The standard InChI is InChI=1S/C33H46Cl2FN3O3SSi/c1-21(24-15-25(34)17-26(35)16-24)38-13-11-22(12-14-38)20-42-31-19-30(36)29(18-28(31)23-7-8-23)32(40)39(43(37,41)27-9-10-27)44(5,6)33(2,3)4/h15-19,21-23,27,37H,7-14,20H2,1-6H3/t21-,43?/m0/s1. The summed E-state index contributed by atoms with van der Waals surface area (Å²) in [5, 5.41) is 0.581. The molecule has 1 unspecified atom stereocenters. The number of ether oxygens (including phenoxy) is 1. The minimum atomic E-state index is -3.39. The maximum absolute atomic E-state index is 15.8. The Bertz CT molecular complexity index is 1490. The lowest BCUT2D eigenvalue weighted by atomic mass is 9.95. The summed E-state index contributed by atoms with van der Waals surface area (Å²) < 4.78 is 46.2. The molecule has 1 N–H and O–H groups in total. The SMILES string of the molecule is C[C@@H](c1cc(Cl)cc(Cl)c1)N1CCC(COc2cc(F)c(C(=O)N([Si](C)(C)C(C)(C)C)S(=N)(=O)C3CC3)cc2C2CC2)CC1. The number of rotatable bonds is 10. The van der Waals surface area contributed by atoms with E-state index in [-0.39, 0.29) is 27.8 Å². The molecule has 0 aromatic heterocycles. The summed E-state index contributed by atoms with van der Waals surface area (Å²) >= 11 is 12.5. The predicted octanol–water partition coefficient (Wildman–Crippen LogP) is 9.43. The zero-order valence-corrected chi connectivity index (χ0v) is 30.0. The number of halogens is 3. The molecule has 1 amide bonds. The van der Waals surface area contributed by atoms with Gasteiger partial charge in [0.25, 0.3) is 5.91 Å². The van der Waals surface area contributed by atoms with E-state index in [4.69, 9.17) is 32.7 Å². The molecule has 2 saturated carbocycles. The third-order valence-corrected chi connectivity index (χ3v) is 19.8. The number of piperidine rings is 1. The van der Waals surface area contributed by atoms with Crippen LogP contribution in [-0.2, 0) is 9.92 Å². The fraction of sp³-hybridized carbons (Fsp3) is 0.606. The number of nitrogens with zero attached hydrogens (tertiary/aromatic N) is 2. The molecule has 2 aromatic rings. The number of amides is 1. The van der Waals surface area contributed by atoms with E-state index in [2.05, 4.69) is 11.8 Å². The van der Waals surface area contributed by atoms with Gasteiger partial charge in [-0.05, 0) is 111 Å². The first-order valence-corrected chi connectivity index (χ1v) is 21.1. The molecule has 11 heteroatoms. The topological polar surface area (TPSA) is 73.7 Å². The predicted molar refractivity (Wildman–Crippen MR) is 180 cm³/mol. The van der Waals surface area contributed by atoms with Crippen molar-refractivity contribution in [2.45, 2.75) is 102 Å². The first-order chi connectivity index (χ1) is 20.5. The summed E-state index contributed by atoms with van der Waals surface area (Å²) in [5.74, 6) is -0.239. The van der Waals surface area contributed by atoms with E-state index in [1.165, 1.54) is 10.0 Å². The van der Waals surface area contributed by atoms with Crippen LogP contribution in [0, 0.1) is 16.5 Å². The number of hydrogen-bond acceptors (Lipinski definition) is 5. The number of carbonyl (C=O) groups is 1. The van der Waals surface area contributed by atoms with Crippen LogP contribution in [0.1, 0.15) is 99.7 Å². The zero-order chi connectivity index (χ0) is 32.2. The fourth-order valence-electron chi connectivity index (χ4n) is 5.98. The van der Waals surface area contributed by atoms with E-state index in [1.54, 1.807) is 12.1 Å². The number of likely N-dealkylation sites (tertiary alicyclic amines) is 1. The van der Waals surface area contributed by atoms with Gasteiger partial charge in [-0.3, -0.25) is 13.7 Å². The second kappa shape index (κ2) is 12.5. The first kappa shape index (κ1) is 33.7. The lowest BCUT2D eigenvalue weighted by molar-refractivity contribution is 0.0909. The normalized spacial score (nSPS) is 20.7. The third-order valence-electron chi connectivity index (χ3n) is 10.2. The Morgan fingerprint density at radius 2 is 1.66 bits per heavy atom. The van der Waals surface area contributed by atoms with Crippen molar-refractivity contribution in [1.82, 2.24) is 8.87 Å². The van der Waals surface area contributed by atoms with Gasteiger partial charge in [-0.25, -0.2) is 13.4 Å². The molecule has 2 atom stereocenters. The van der Waals surface area contributed by atoms with Crippen molar-refractivity contribution in [2.24, 2.45) is 5.92 Å². The summed E-state index contributed by atoms with van der Waals surface area (Å²) in [5.41, 5.74) is 1.85. The highest BCUT2D eigenvalue weighted by Crippen LogP contribution is 2.47. The number of benzene rings is 2. The third kappa shape index (κ3) is 7.02. The Balaban J connectivity index is 1.31. The maximum atomic E-state index is 15.8. The molecule has 3 fully saturated rings. The highest BCUT2D eigenvalue weighted by atomic mass is 35.5. The van der Waals surface area contributed by atoms with Gasteiger partial charge in [0.05, 0.1) is 17.4 Å². The van der Waals surface area contributed by atoms with Crippen LogP contribution in [0.15, 0.2) is 30.3 Å². The van der Waals surface area contributed by atoms with Crippen molar-refractivity contribution in [1.29, 1.82) is 4.78 Å². The molecule has 3 aliphatic rings. The van der Waals surface area contributed by atoms with Crippen LogP contribution < -0.4 is 4.74 Å². The zero-order valence-electron chi connectivity index (χ0n) is 26.7. The fourth-order valence-corrected chi connectivity index (χ4v) is 13.2. The highest BCUT2D eigenvalue weighted by molar-refractivity contribution is 7.93. The summed E-state index contributed by atoms with van der Waals surface area (Å²) in [4.78, 5) is 16.6. The van der Waals surface area contributed by atoms with E-state index < -0.39 is 29.9 Å². The van der Waals surface area contributed by atoms with E-state index >= 15 is 4.39 Å². The molecule has 242 valence electrons. The Kier molecular flexibility index (Phi) is 9.58. The molecule has 1 heterocycles. The van der Waals surface area contributed by atoms with Gasteiger partial charge in [-0.2, -0.15) is 0 Å². The van der Waals surface area contributed by atoms with E-state index in [1.807, 2.05) is 46.0 Å².